The Morgan fingerprint density at radius 2 is 0.391 bits per heavy atom. The minimum absolute atomic E-state index is 0.266. The topological polar surface area (TPSA) is 260 Å². The second-order valence-corrected chi connectivity index (χ2v) is 36.4. The van der Waals surface area contributed by atoms with Gasteiger partial charge >= 0.3 is 0 Å². The highest BCUT2D eigenvalue weighted by Crippen LogP contribution is 2.50. The molecule has 0 fully saturated rings. The first-order valence-electron chi connectivity index (χ1n) is 44.7. The van der Waals surface area contributed by atoms with E-state index in [-0.39, 0.29) is 16.2 Å². The number of anilines is 10. The highest BCUT2D eigenvalue weighted by molar-refractivity contribution is 5.73. The summed E-state index contributed by atoms with van der Waals surface area (Å²) < 4.78 is 0. The molecule has 15 aromatic rings. The molecule has 10 nitrogen and oxygen atoms in total. The molecule has 0 aliphatic rings. The summed E-state index contributed by atoms with van der Waals surface area (Å²) in [5.74, 6) is 0. The van der Waals surface area contributed by atoms with E-state index >= 15 is 0 Å². The SMILES string of the molecule is CCc1cc(C(C)(c2ccccc2)c2cc(C)c(N)c(CC)c2)cc(C)c1N.Cc1cc(C(C)(c2ccccc2)c2cc(C)c(N)c(C)c2)cc(C)c1N.Cc1cc(C(C)(c2ccccc2)c2ccc(N)c(C)c2)ccc1N.Cc1cc(C)c(N)c(C(C)(c2ccccc2)c2cc(C)cc(C)c2N)c1.Cc1ccc(N)c(C(C)(c2ccccc2)c2cc(C)ccc2N)c1. The molecule has 0 saturated carbocycles. The standard InChI is InChI=1S/C26H32N2.2C24H28N2.2C22H24N2/c1-6-19-15-22(13-17(3)24(19)27)26(5,21-11-9-8-10-12-21)23-14-18(4)25(28)20(7-2)16-23;1-15-11-20(12-16(2)22(15)25)24(5,19-9-7-6-8-10-19)21-13-17(3)23(26)18(4)14-21;1-15-11-17(3)22(25)20(13-15)24(5,19-9-7-6-8-10-19)21-14-16(2)12-18(4)23(21)26;1-15-13-18(9-11-20(15)23)22(3,17-7-5-4-6-8-17)19-10-12-21(24)16(2)14-19;1-15-9-11-20(23)18(13-15)22(3,17-7-5-4-6-8-17)19-14-16(2)10-12-21(19)24/h8-16H,6-7,27-28H2,1-5H3;2*6-14H,25-26H2,1-5H3;2*4-14H,23-24H2,1-3H3. The summed E-state index contributed by atoms with van der Waals surface area (Å²) in [7, 11) is 0. The van der Waals surface area contributed by atoms with Crippen molar-refractivity contribution >= 4 is 56.9 Å². The molecule has 0 aromatic heterocycles. The molecule has 0 aliphatic heterocycles. The predicted octanol–water partition coefficient (Wildman–Crippen LogP) is 26.5. The number of benzene rings is 15. The Hall–Kier alpha value is -13.7. The lowest BCUT2D eigenvalue weighted by Crippen LogP contribution is -2.28. The summed E-state index contributed by atoms with van der Waals surface area (Å²) >= 11 is 0. The van der Waals surface area contributed by atoms with E-state index < -0.39 is 10.8 Å². The van der Waals surface area contributed by atoms with Crippen LogP contribution in [0.15, 0.2) is 297 Å². The van der Waals surface area contributed by atoms with E-state index in [0.29, 0.717) is 0 Å². The number of nitrogens with two attached hydrogens (primary N) is 10. The normalized spacial score (nSPS) is 11.5. The van der Waals surface area contributed by atoms with Gasteiger partial charge in [0.2, 0.25) is 0 Å². The van der Waals surface area contributed by atoms with Crippen LogP contribution in [0.2, 0.25) is 0 Å². The summed E-state index contributed by atoms with van der Waals surface area (Å²) in [6.45, 7) is 44.8. The molecule has 10 heteroatoms. The van der Waals surface area contributed by atoms with Crippen molar-refractivity contribution in [1.29, 1.82) is 0 Å². The molecule has 0 bridgehead atoms. The monoisotopic (exact) mass is 1690 g/mol. The lowest BCUT2D eigenvalue weighted by Gasteiger charge is -2.35. The number of aryl methyl sites for hydroxylation is 16. The van der Waals surface area contributed by atoms with E-state index in [9.17, 15) is 0 Å². The smallest absolute Gasteiger partial charge is 0.0464 e. The van der Waals surface area contributed by atoms with Gasteiger partial charge < -0.3 is 57.3 Å². The third-order valence-corrected chi connectivity index (χ3v) is 27.3. The van der Waals surface area contributed by atoms with Gasteiger partial charge in [0.1, 0.15) is 0 Å². The molecule has 0 atom stereocenters. The van der Waals surface area contributed by atoms with Gasteiger partial charge in [-0.05, 0) is 319 Å². The van der Waals surface area contributed by atoms with E-state index in [1.165, 1.54) is 94.6 Å². The first-order chi connectivity index (χ1) is 60.7. The van der Waals surface area contributed by atoms with Crippen molar-refractivity contribution in [2.75, 3.05) is 57.3 Å². The minimum Gasteiger partial charge on any atom is -0.399 e. The Kier molecular flexibility index (Phi) is 29.3. The van der Waals surface area contributed by atoms with Crippen molar-refractivity contribution in [3.8, 4) is 0 Å². The Balaban J connectivity index is 0.000000155. The molecule has 15 aromatic carbocycles. The Morgan fingerprint density at radius 3 is 0.664 bits per heavy atom. The second-order valence-electron chi connectivity index (χ2n) is 36.4. The Labute approximate surface area is 764 Å². The van der Waals surface area contributed by atoms with Gasteiger partial charge in [-0.25, -0.2) is 0 Å². The van der Waals surface area contributed by atoms with Crippen molar-refractivity contribution in [2.24, 2.45) is 0 Å². The molecule has 128 heavy (non-hydrogen) atoms. The first-order valence-corrected chi connectivity index (χ1v) is 44.7. The van der Waals surface area contributed by atoms with Crippen LogP contribution in [0, 0.1) is 96.9 Å². The van der Waals surface area contributed by atoms with Crippen molar-refractivity contribution in [2.45, 2.75) is 185 Å². The predicted molar refractivity (Wildman–Crippen MR) is 554 cm³/mol. The van der Waals surface area contributed by atoms with Crippen LogP contribution in [0.3, 0.4) is 0 Å². The minimum atomic E-state index is -0.428. The van der Waals surface area contributed by atoms with E-state index in [0.717, 1.165) is 148 Å². The van der Waals surface area contributed by atoms with E-state index in [1.54, 1.807) is 0 Å². The molecule has 20 N–H and O–H groups in total. The fourth-order valence-corrected chi connectivity index (χ4v) is 18.7. The van der Waals surface area contributed by atoms with Gasteiger partial charge in [0.05, 0.1) is 0 Å². The lowest BCUT2D eigenvalue weighted by atomic mass is 9.68. The molecule has 0 spiro atoms. The van der Waals surface area contributed by atoms with Crippen molar-refractivity contribution < 1.29 is 0 Å². The van der Waals surface area contributed by atoms with Gasteiger partial charge in [0, 0.05) is 83.9 Å². The van der Waals surface area contributed by atoms with Crippen LogP contribution in [0.1, 0.15) is 221 Å². The van der Waals surface area contributed by atoms with Gasteiger partial charge in [-0.3, -0.25) is 0 Å². The van der Waals surface area contributed by atoms with Gasteiger partial charge in [-0.15, -0.1) is 0 Å². The van der Waals surface area contributed by atoms with Crippen molar-refractivity contribution in [1.82, 2.24) is 0 Å². The fraction of sp³-hybridized carbons (Fsp3) is 0.237. The maximum absolute atomic E-state index is 6.60. The van der Waals surface area contributed by atoms with Crippen LogP contribution < -0.4 is 57.3 Å². The Morgan fingerprint density at radius 1 is 0.172 bits per heavy atom. The zero-order valence-electron chi connectivity index (χ0n) is 79.5. The Bertz CT molecular complexity index is 6120. The number of hydrogen-bond donors (Lipinski definition) is 10. The van der Waals surface area contributed by atoms with Crippen LogP contribution in [-0.4, -0.2) is 0 Å². The van der Waals surface area contributed by atoms with Gasteiger partial charge in [0.15, 0.2) is 0 Å². The lowest BCUT2D eigenvalue weighted by molar-refractivity contribution is 0.688. The van der Waals surface area contributed by atoms with E-state index in [4.69, 9.17) is 57.3 Å². The molecular formula is C118H136N10. The average Bonchev–Trinajstić information content (AvgIpc) is 0.712. The zero-order valence-corrected chi connectivity index (χ0v) is 79.5. The quantitative estimate of drug-likeness (QED) is 0.0304. The van der Waals surface area contributed by atoms with E-state index in [2.05, 4.69) is 388 Å². The summed E-state index contributed by atoms with van der Waals surface area (Å²) in [4.78, 5) is 0. The van der Waals surface area contributed by atoms with Crippen LogP contribution in [0.25, 0.3) is 0 Å². The molecule has 0 radical (unpaired) electrons. The molecule has 658 valence electrons. The van der Waals surface area contributed by atoms with Crippen molar-refractivity contribution in [3.63, 3.8) is 0 Å². The van der Waals surface area contributed by atoms with E-state index in [1.807, 2.05) is 54.6 Å². The number of hydrogen-bond acceptors (Lipinski definition) is 10. The van der Waals surface area contributed by atoms with Gasteiger partial charge in [-0.2, -0.15) is 0 Å². The molecule has 15 rings (SSSR count). The summed E-state index contributed by atoms with van der Waals surface area (Å²) in [5, 5.41) is 0. The summed E-state index contributed by atoms with van der Waals surface area (Å²) in [6.07, 6.45) is 1.85. The molecule has 0 heterocycles. The van der Waals surface area contributed by atoms with Crippen LogP contribution in [0.5, 0.6) is 0 Å². The molecule has 0 amide bonds. The third kappa shape index (κ3) is 19.3. The molecule has 0 saturated heterocycles. The number of nitrogen functional groups attached to an aromatic ring is 10. The van der Waals surface area contributed by atoms with Gasteiger partial charge in [-0.1, -0.05) is 309 Å². The van der Waals surface area contributed by atoms with Gasteiger partial charge in [0.25, 0.3) is 0 Å². The van der Waals surface area contributed by atoms with Crippen LogP contribution >= 0.6 is 0 Å². The fourth-order valence-electron chi connectivity index (χ4n) is 18.7. The maximum Gasteiger partial charge on any atom is 0.0464 e. The number of rotatable bonds is 17. The second kappa shape index (κ2) is 39.5. The summed E-state index contributed by atoms with van der Waals surface area (Å²) in [6, 6.07) is 105. The zero-order chi connectivity index (χ0) is 93.2. The highest BCUT2D eigenvalue weighted by Gasteiger charge is 2.40. The van der Waals surface area contributed by atoms with Crippen LogP contribution in [0.4, 0.5) is 56.9 Å². The van der Waals surface area contributed by atoms with Crippen LogP contribution in [-0.2, 0) is 39.9 Å². The average molecular weight is 1690 g/mol. The largest absolute Gasteiger partial charge is 0.399 e. The first kappa shape index (κ1) is 95.0. The summed E-state index contributed by atoms with van der Waals surface area (Å²) in [5.41, 5.74) is 106. The molecule has 0 unspecified atom stereocenters. The van der Waals surface area contributed by atoms with Crippen molar-refractivity contribution in [3.05, 3.63) is 470 Å². The third-order valence-electron chi connectivity index (χ3n) is 27.3. The molecule has 0 aliphatic carbocycles. The highest BCUT2D eigenvalue weighted by atomic mass is 14.7. The maximum atomic E-state index is 6.60. The molecular weight excluding hydrogens is 1560 g/mol.